The number of anilines is 1. The van der Waals surface area contributed by atoms with Crippen molar-refractivity contribution in [2.45, 2.75) is 0 Å². The maximum Gasteiger partial charge on any atom is 0.266 e. The first-order valence-corrected chi connectivity index (χ1v) is 8.22. The number of hydrogen-bond donors (Lipinski definition) is 1. The normalized spacial score (nSPS) is 12.1. The third-order valence-electron chi connectivity index (χ3n) is 3.99. The van der Waals surface area contributed by atoms with Crippen LogP contribution in [0.25, 0.3) is 6.08 Å². The standard InChI is InChI=1S/C20H18N2O6/c1-24-17-7-12(8-18(25-2)19(17)26-3)6-13(10-21)20(23)22-14-4-5-15-16(9-14)28-11-27-15/h4-9H,11H2,1-3H3,(H,22,23)/b13-6+. The van der Waals surface area contributed by atoms with Crippen LogP contribution < -0.4 is 29.0 Å². The van der Waals surface area contributed by atoms with Gasteiger partial charge in [-0.05, 0) is 35.9 Å². The predicted molar refractivity (Wildman–Crippen MR) is 101 cm³/mol. The van der Waals surface area contributed by atoms with Crippen LogP contribution in [0.1, 0.15) is 5.56 Å². The van der Waals surface area contributed by atoms with Gasteiger partial charge in [-0.25, -0.2) is 0 Å². The second-order valence-corrected chi connectivity index (χ2v) is 5.65. The number of carbonyl (C=O) groups is 1. The lowest BCUT2D eigenvalue weighted by Gasteiger charge is -2.13. The summed E-state index contributed by atoms with van der Waals surface area (Å²) < 4.78 is 26.4. The van der Waals surface area contributed by atoms with E-state index >= 15 is 0 Å². The number of methoxy groups -OCH3 is 3. The Balaban J connectivity index is 1.87. The summed E-state index contributed by atoms with van der Waals surface area (Å²) in [6.45, 7) is 0.136. The molecular weight excluding hydrogens is 364 g/mol. The summed E-state index contributed by atoms with van der Waals surface area (Å²) in [5, 5.41) is 12.1. The van der Waals surface area contributed by atoms with Crippen LogP contribution in [-0.4, -0.2) is 34.0 Å². The monoisotopic (exact) mass is 382 g/mol. The summed E-state index contributed by atoms with van der Waals surface area (Å²) >= 11 is 0. The Morgan fingerprint density at radius 2 is 1.75 bits per heavy atom. The molecule has 0 saturated carbocycles. The fourth-order valence-electron chi connectivity index (χ4n) is 2.67. The van der Waals surface area contributed by atoms with Gasteiger partial charge < -0.3 is 29.0 Å². The Hall–Kier alpha value is -3.86. The van der Waals surface area contributed by atoms with E-state index in [-0.39, 0.29) is 12.4 Å². The molecule has 144 valence electrons. The highest BCUT2D eigenvalue weighted by atomic mass is 16.7. The quantitative estimate of drug-likeness (QED) is 0.606. The maximum absolute atomic E-state index is 12.5. The van der Waals surface area contributed by atoms with E-state index in [1.54, 1.807) is 30.3 Å². The Morgan fingerprint density at radius 3 is 2.36 bits per heavy atom. The Bertz CT molecular complexity index is 952. The van der Waals surface area contributed by atoms with Crippen molar-refractivity contribution in [2.75, 3.05) is 33.4 Å². The summed E-state index contributed by atoms with van der Waals surface area (Å²) in [4.78, 5) is 12.5. The zero-order chi connectivity index (χ0) is 20.1. The van der Waals surface area contributed by atoms with Crippen LogP contribution in [0.4, 0.5) is 5.69 Å². The van der Waals surface area contributed by atoms with Crippen LogP contribution in [0.5, 0.6) is 28.7 Å². The van der Waals surface area contributed by atoms with Gasteiger partial charge in [0.15, 0.2) is 23.0 Å². The molecule has 1 aliphatic rings. The summed E-state index contributed by atoms with van der Waals surface area (Å²) in [5.74, 6) is 1.83. The Morgan fingerprint density at radius 1 is 1.07 bits per heavy atom. The number of ether oxygens (including phenoxy) is 5. The number of benzene rings is 2. The molecule has 0 radical (unpaired) electrons. The average molecular weight is 382 g/mol. The van der Waals surface area contributed by atoms with Crippen molar-refractivity contribution in [2.24, 2.45) is 0 Å². The van der Waals surface area contributed by atoms with Crippen molar-refractivity contribution in [3.8, 4) is 34.8 Å². The van der Waals surface area contributed by atoms with Crippen molar-refractivity contribution >= 4 is 17.7 Å². The Labute approximate surface area is 161 Å². The smallest absolute Gasteiger partial charge is 0.266 e. The van der Waals surface area contributed by atoms with Gasteiger partial charge in [0, 0.05) is 11.8 Å². The number of nitrogens with one attached hydrogen (secondary N) is 1. The molecule has 1 heterocycles. The Kier molecular flexibility index (Phi) is 5.56. The fourth-order valence-corrected chi connectivity index (χ4v) is 2.67. The first-order valence-electron chi connectivity index (χ1n) is 8.22. The van der Waals surface area contributed by atoms with Gasteiger partial charge in [-0.2, -0.15) is 5.26 Å². The number of nitriles is 1. The van der Waals surface area contributed by atoms with E-state index in [1.807, 2.05) is 6.07 Å². The topological polar surface area (TPSA) is 99.0 Å². The minimum atomic E-state index is -0.560. The van der Waals surface area contributed by atoms with Gasteiger partial charge in [-0.3, -0.25) is 4.79 Å². The number of rotatable bonds is 6. The van der Waals surface area contributed by atoms with E-state index in [1.165, 1.54) is 27.4 Å². The minimum Gasteiger partial charge on any atom is -0.493 e. The zero-order valence-corrected chi connectivity index (χ0v) is 15.6. The molecule has 28 heavy (non-hydrogen) atoms. The molecule has 0 fully saturated rings. The van der Waals surface area contributed by atoms with Crippen LogP contribution in [0.15, 0.2) is 35.9 Å². The molecule has 1 N–H and O–H groups in total. The summed E-state index contributed by atoms with van der Waals surface area (Å²) in [7, 11) is 4.47. The minimum absolute atomic E-state index is 0.0908. The highest BCUT2D eigenvalue weighted by Crippen LogP contribution is 2.39. The molecule has 0 unspecified atom stereocenters. The van der Waals surface area contributed by atoms with Crippen molar-refractivity contribution in [3.63, 3.8) is 0 Å². The molecular formula is C20H18N2O6. The molecule has 0 aromatic heterocycles. The van der Waals surface area contributed by atoms with Crippen molar-refractivity contribution < 1.29 is 28.5 Å². The van der Waals surface area contributed by atoms with Gasteiger partial charge in [-0.1, -0.05) is 0 Å². The molecule has 0 aliphatic carbocycles. The number of fused-ring (bicyclic) bond motifs is 1. The second-order valence-electron chi connectivity index (χ2n) is 5.65. The van der Waals surface area contributed by atoms with Crippen LogP contribution in [-0.2, 0) is 4.79 Å². The van der Waals surface area contributed by atoms with E-state index in [4.69, 9.17) is 23.7 Å². The summed E-state index contributed by atoms with van der Waals surface area (Å²) in [6.07, 6.45) is 1.44. The lowest BCUT2D eigenvalue weighted by Crippen LogP contribution is -2.13. The lowest BCUT2D eigenvalue weighted by molar-refractivity contribution is -0.112. The number of carbonyl (C=O) groups excluding carboxylic acids is 1. The molecule has 0 spiro atoms. The zero-order valence-electron chi connectivity index (χ0n) is 15.6. The lowest BCUT2D eigenvalue weighted by atomic mass is 10.1. The predicted octanol–water partition coefficient (Wildman–Crippen LogP) is 2.99. The van der Waals surface area contributed by atoms with Crippen molar-refractivity contribution in [3.05, 3.63) is 41.5 Å². The molecule has 2 aromatic carbocycles. The molecule has 1 aliphatic heterocycles. The molecule has 0 bridgehead atoms. The third kappa shape index (κ3) is 3.78. The van der Waals surface area contributed by atoms with E-state index in [0.717, 1.165) is 0 Å². The third-order valence-corrected chi connectivity index (χ3v) is 3.99. The summed E-state index contributed by atoms with van der Waals surface area (Å²) in [6, 6.07) is 10.2. The first-order chi connectivity index (χ1) is 13.6. The van der Waals surface area contributed by atoms with Gasteiger partial charge in [0.25, 0.3) is 5.91 Å². The number of nitrogens with zero attached hydrogens (tertiary/aromatic N) is 1. The SMILES string of the molecule is COc1cc(/C=C(\C#N)C(=O)Nc2ccc3c(c2)OCO3)cc(OC)c1OC. The van der Waals surface area contributed by atoms with E-state index in [0.29, 0.717) is 40.0 Å². The van der Waals surface area contributed by atoms with Crippen LogP contribution >= 0.6 is 0 Å². The van der Waals surface area contributed by atoms with E-state index in [2.05, 4.69) is 5.32 Å². The van der Waals surface area contributed by atoms with Gasteiger partial charge >= 0.3 is 0 Å². The molecule has 8 nitrogen and oxygen atoms in total. The van der Waals surface area contributed by atoms with Crippen molar-refractivity contribution in [1.82, 2.24) is 0 Å². The molecule has 1 amide bonds. The summed E-state index contributed by atoms with van der Waals surface area (Å²) in [5.41, 5.74) is 0.944. The first kappa shape index (κ1) is 18.9. The van der Waals surface area contributed by atoms with Crippen LogP contribution in [0.3, 0.4) is 0 Å². The largest absolute Gasteiger partial charge is 0.493 e. The molecule has 0 atom stereocenters. The van der Waals surface area contributed by atoms with Gasteiger partial charge in [0.05, 0.1) is 21.3 Å². The van der Waals surface area contributed by atoms with Crippen LogP contribution in [0, 0.1) is 11.3 Å². The van der Waals surface area contributed by atoms with Gasteiger partial charge in [0.2, 0.25) is 12.5 Å². The molecule has 3 rings (SSSR count). The second kappa shape index (κ2) is 8.22. The maximum atomic E-state index is 12.5. The van der Waals surface area contributed by atoms with Crippen molar-refractivity contribution in [1.29, 1.82) is 5.26 Å². The average Bonchev–Trinajstić information content (AvgIpc) is 3.18. The van der Waals surface area contributed by atoms with Crippen LogP contribution in [0.2, 0.25) is 0 Å². The van der Waals surface area contributed by atoms with E-state index in [9.17, 15) is 10.1 Å². The molecule has 8 heteroatoms. The van der Waals surface area contributed by atoms with Gasteiger partial charge in [-0.15, -0.1) is 0 Å². The highest BCUT2D eigenvalue weighted by molar-refractivity contribution is 6.09. The van der Waals surface area contributed by atoms with E-state index < -0.39 is 5.91 Å². The molecule has 2 aromatic rings. The molecule has 0 saturated heterocycles. The number of hydrogen-bond acceptors (Lipinski definition) is 7. The van der Waals surface area contributed by atoms with Gasteiger partial charge in [0.1, 0.15) is 11.6 Å². The highest BCUT2D eigenvalue weighted by Gasteiger charge is 2.17. The number of amides is 1. The fraction of sp³-hybridized carbons (Fsp3) is 0.200.